The third-order valence-electron chi connectivity index (χ3n) is 3.48. The van der Waals surface area contributed by atoms with Crippen molar-refractivity contribution in [3.63, 3.8) is 0 Å². The molecule has 0 saturated heterocycles. The molecule has 1 aromatic carbocycles. The highest BCUT2D eigenvalue weighted by Gasteiger charge is 2.20. The number of hydrogen-bond acceptors (Lipinski definition) is 5. The highest BCUT2D eigenvalue weighted by Crippen LogP contribution is 2.40. The zero-order valence-corrected chi connectivity index (χ0v) is 12.9. The number of rotatable bonds is 5. The second-order valence-electron chi connectivity index (χ2n) is 5.03. The molecule has 1 aromatic heterocycles. The van der Waals surface area contributed by atoms with Crippen LogP contribution in [0.3, 0.4) is 0 Å². The second kappa shape index (κ2) is 7.00. The molecule has 23 heavy (non-hydrogen) atoms. The molecule has 6 nitrogen and oxygen atoms in total. The second-order valence-corrected chi connectivity index (χ2v) is 5.03. The number of aromatic nitrogens is 1. The van der Waals surface area contributed by atoms with Gasteiger partial charge in [-0.2, -0.15) is 0 Å². The van der Waals surface area contributed by atoms with Gasteiger partial charge in [-0.1, -0.05) is 6.07 Å². The molecular weight excluding hydrogens is 296 g/mol. The minimum atomic E-state index is -0.184. The molecule has 0 fully saturated rings. The molecule has 3 rings (SSSR count). The van der Waals surface area contributed by atoms with Gasteiger partial charge in [0.05, 0.1) is 7.11 Å². The van der Waals surface area contributed by atoms with Gasteiger partial charge in [0.15, 0.2) is 11.5 Å². The summed E-state index contributed by atoms with van der Waals surface area (Å²) in [6.07, 6.45) is 2.41. The summed E-state index contributed by atoms with van der Waals surface area (Å²) in [4.78, 5) is 16.5. The van der Waals surface area contributed by atoms with Gasteiger partial charge in [0.1, 0.15) is 13.2 Å². The number of nitrogens with zero attached hydrogens (tertiary/aromatic N) is 1. The maximum atomic E-state index is 12.3. The molecule has 1 aliphatic heterocycles. The van der Waals surface area contributed by atoms with Crippen molar-refractivity contribution in [3.05, 3.63) is 47.8 Å². The van der Waals surface area contributed by atoms with Crippen molar-refractivity contribution in [3.8, 4) is 17.2 Å². The Morgan fingerprint density at radius 2 is 2.17 bits per heavy atom. The summed E-state index contributed by atoms with van der Waals surface area (Å²) in [6.45, 7) is 1.44. The van der Waals surface area contributed by atoms with E-state index in [1.807, 2.05) is 18.2 Å². The summed E-state index contributed by atoms with van der Waals surface area (Å²) in [7, 11) is 1.54. The van der Waals surface area contributed by atoms with Crippen molar-refractivity contribution in [2.24, 2.45) is 0 Å². The van der Waals surface area contributed by atoms with Crippen molar-refractivity contribution in [1.82, 2.24) is 10.3 Å². The van der Waals surface area contributed by atoms with Crippen LogP contribution < -0.4 is 19.5 Å². The Morgan fingerprint density at radius 3 is 2.96 bits per heavy atom. The number of benzene rings is 1. The number of hydrogen-bond donors (Lipinski definition) is 1. The van der Waals surface area contributed by atoms with Crippen LogP contribution in [0.25, 0.3) is 0 Å². The van der Waals surface area contributed by atoms with E-state index in [1.54, 1.807) is 18.3 Å². The topological polar surface area (TPSA) is 69.7 Å². The molecule has 0 bridgehead atoms. The van der Waals surface area contributed by atoms with E-state index >= 15 is 0 Å². The normalized spacial score (nSPS) is 12.6. The largest absolute Gasteiger partial charge is 0.493 e. The van der Waals surface area contributed by atoms with E-state index < -0.39 is 0 Å². The number of amides is 1. The molecule has 0 spiro atoms. The highest BCUT2D eigenvalue weighted by molar-refractivity contribution is 5.95. The van der Waals surface area contributed by atoms with Gasteiger partial charge >= 0.3 is 0 Å². The number of ether oxygens (including phenoxy) is 3. The Labute approximate surface area is 134 Å². The van der Waals surface area contributed by atoms with Crippen LogP contribution >= 0.6 is 0 Å². The maximum absolute atomic E-state index is 12.3. The van der Waals surface area contributed by atoms with Gasteiger partial charge in [-0.3, -0.25) is 9.78 Å². The van der Waals surface area contributed by atoms with Gasteiger partial charge in [0.2, 0.25) is 5.75 Å². The zero-order chi connectivity index (χ0) is 16.1. The van der Waals surface area contributed by atoms with Crippen LogP contribution in [0.15, 0.2) is 36.5 Å². The first-order chi connectivity index (χ1) is 11.3. The summed E-state index contributed by atoms with van der Waals surface area (Å²) in [5, 5.41) is 2.87. The first-order valence-electron chi connectivity index (χ1n) is 7.43. The molecule has 2 heterocycles. The monoisotopic (exact) mass is 314 g/mol. The lowest BCUT2D eigenvalue weighted by molar-refractivity contribution is 0.0952. The molecule has 1 amide bonds. The smallest absolute Gasteiger partial charge is 0.251 e. The van der Waals surface area contributed by atoms with Gasteiger partial charge < -0.3 is 19.5 Å². The highest BCUT2D eigenvalue weighted by atomic mass is 16.6. The minimum Gasteiger partial charge on any atom is -0.493 e. The molecule has 120 valence electrons. The fraction of sp³-hybridized carbons (Fsp3) is 0.294. The minimum absolute atomic E-state index is 0.184. The number of fused-ring (bicyclic) bond motifs is 1. The summed E-state index contributed by atoms with van der Waals surface area (Å²) in [6, 6.07) is 9.05. The van der Waals surface area contributed by atoms with Crippen molar-refractivity contribution >= 4 is 5.91 Å². The Morgan fingerprint density at radius 1 is 1.30 bits per heavy atom. The van der Waals surface area contributed by atoms with Crippen LogP contribution in [0.2, 0.25) is 0 Å². The number of methoxy groups -OCH3 is 1. The van der Waals surface area contributed by atoms with Crippen LogP contribution in [0.1, 0.15) is 16.1 Å². The lowest BCUT2D eigenvalue weighted by atomic mass is 10.1. The van der Waals surface area contributed by atoms with Gasteiger partial charge in [0, 0.05) is 30.4 Å². The van der Waals surface area contributed by atoms with E-state index in [0.717, 1.165) is 5.69 Å². The number of pyridine rings is 1. The van der Waals surface area contributed by atoms with Gasteiger partial charge in [-0.25, -0.2) is 0 Å². The average Bonchev–Trinajstić information content (AvgIpc) is 2.61. The first kappa shape index (κ1) is 15.1. The fourth-order valence-electron chi connectivity index (χ4n) is 2.36. The number of carbonyl (C=O) groups is 1. The SMILES string of the molecule is COc1cc(C(=O)NCCc2ccccn2)cc2c1OCCO2. The van der Waals surface area contributed by atoms with Crippen LogP contribution in [-0.2, 0) is 6.42 Å². The van der Waals surface area contributed by atoms with Crippen LogP contribution in [0, 0.1) is 0 Å². The fourth-order valence-corrected chi connectivity index (χ4v) is 2.36. The van der Waals surface area contributed by atoms with Crippen LogP contribution in [-0.4, -0.2) is 37.8 Å². The predicted octanol–water partition coefficient (Wildman–Crippen LogP) is 1.83. The molecule has 6 heteroatoms. The Kier molecular flexibility index (Phi) is 4.61. The Hall–Kier alpha value is -2.76. The van der Waals surface area contributed by atoms with Crippen molar-refractivity contribution in [2.75, 3.05) is 26.9 Å². The van der Waals surface area contributed by atoms with Crippen LogP contribution in [0.4, 0.5) is 0 Å². The molecule has 0 atom stereocenters. The quantitative estimate of drug-likeness (QED) is 0.912. The number of carbonyl (C=O) groups excluding carboxylic acids is 1. The molecule has 2 aromatic rings. The summed E-state index contributed by atoms with van der Waals surface area (Å²) in [5.74, 6) is 1.39. The van der Waals surface area contributed by atoms with Crippen molar-refractivity contribution < 1.29 is 19.0 Å². The molecular formula is C17H18N2O4. The van der Waals surface area contributed by atoms with E-state index in [0.29, 0.717) is 49.0 Å². The average molecular weight is 314 g/mol. The number of nitrogens with one attached hydrogen (secondary N) is 1. The van der Waals surface area contributed by atoms with Crippen molar-refractivity contribution in [1.29, 1.82) is 0 Å². The zero-order valence-electron chi connectivity index (χ0n) is 12.9. The van der Waals surface area contributed by atoms with E-state index in [4.69, 9.17) is 14.2 Å². The van der Waals surface area contributed by atoms with E-state index in [1.165, 1.54) is 7.11 Å². The molecule has 0 unspecified atom stereocenters. The Bertz CT molecular complexity index is 671. The van der Waals surface area contributed by atoms with Gasteiger partial charge in [0.25, 0.3) is 5.91 Å². The molecule has 1 N–H and O–H groups in total. The maximum Gasteiger partial charge on any atom is 0.251 e. The van der Waals surface area contributed by atoms with E-state index in [9.17, 15) is 4.79 Å². The molecule has 0 aliphatic carbocycles. The summed E-state index contributed by atoms with van der Waals surface area (Å²) in [5.41, 5.74) is 1.42. The third kappa shape index (κ3) is 3.53. The lowest BCUT2D eigenvalue weighted by Gasteiger charge is -2.21. The van der Waals surface area contributed by atoms with E-state index in [2.05, 4.69) is 10.3 Å². The van der Waals surface area contributed by atoms with Crippen molar-refractivity contribution in [2.45, 2.75) is 6.42 Å². The van der Waals surface area contributed by atoms with Gasteiger partial charge in [-0.05, 0) is 24.3 Å². The molecule has 1 aliphatic rings. The van der Waals surface area contributed by atoms with Crippen LogP contribution in [0.5, 0.6) is 17.2 Å². The lowest BCUT2D eigenvalue weighted by Crippen LogP contribution is -2.26. The van der Waals surface area contributed by atoms with Gasteiger partial charge in [-0.15, -0.1) is 0 Å². The van der Waals surface area contributed by atoms with E-state index in [-0.39, 0.29) is 5.91 Å². The standard InChI is InChI=1S/C17H18N2O4/c1-21-14-10-12(11-15-16(14)23-9-8-22-15)17(20)19-7-5-13-4-2-3-6-18-13/h2-4,6,10-11H,5,7-9H2,1H3,(H,19,20). The predicted molar refractivity (Wildman–Crippen MR) is 84.3 cm³/mol. The first-order valence-corrected chi connectivity index (χ1v) is 7.43. The Balaban J connectivity index is 1.67. The summed E-state index contributed by atoms with van der Waals surface area (Å²) < 4.78 is 16.3. The summed E-state index contributed by atoms with van der Waals surface area (Å²) >= 11 is 0. The molecule has 0 radical (unpaired) electrons. The third-order valence-corrected chi connectivity index (χ3v) is 3.48. The molecule has 0 saturated carbocycles.